The van der Waals surface area contributed by atoms with E-state index in [4.69, 9.17) is 4.74 Å². The maximum atomic E-state index is 5.72. The Balaban J connectivity index is 2.21. The topological polar surface area (TPSA) is 25.0 Å². The Morgan fingerprint density at radius 3 is 2.72 bits per heavy atom. The van der Waals surface area contributed by atoms with Crippen molar-refractivity contribution in [1.29, 1.82) is 0 Å². The molecule has 92 valence electrons. The third-order valence-corrected chi connectivity index (χ3v) is 4.16. The number of ether oxygens (including phenoxy) is 1. The van der Waals surface area contributed by atoms with Crippen LogP contribution < -0.4 is 0 Å². The second-order valence-electron chi connectivity index (χ2n) is 4.34. The van der Waals surface area contributed by atoms with Crippen molar-refractivity contribution in [3.8, 4) is 0 Å². The first-order valence-corrected chi connectivity index (χ1v) is 6.82. The third kappa shape index (κ3) is 1.76. The van der Waals surface area contributed by atoms with Gasteiger partial charge in [0.05, 0.1) is 0 Å². The van der Waals surface area contributed by atoms with E-state index >= 15 is 0 Å². The van der Waals surface area contributed by atoms with Crippen molar-refractivity contribution in [2.45, 2.75) is 13.0 Å². The molecule has 2 heterocycles. The molecule has 0 amide bonds. The number of nitrogens with one attached hydrogen (secondary N) is 1. The summed E-state index contributed by atoms with van der Waals surface area (Å²) in [6, 6.07) is 12.6. The van der Waals surface area contributed by atoms with Gasteiger partial charge in [0, 0.05) is 34.1 Å². The van der Waals surface area contributed by atoms with Crippen LogP contribution in [0.1, 0.15) is 22.2 Å². The first-order valence-electron chi connectivity index (χ1n) is 5.94. The predicted octanol–water partition coefficient (Wildman–Crippen LogP) is 4.27. The molecule has 0 aliphatic rings. The molecule has 2 aromatic heterocycles. The van der Waals surface area contributed by atoms with Gasteiger partial charge < -0.3 is 9.72 Å². The average Bonchev–Trinajstić information content (AvgIpc) is 2.99. The number of H-pyrrole nitrogens is 1. The number of aromatic amines is 1. The van der Waals surface area contributed by atoms with Crippen molar-refractivity contribution in [3.05, 3.63) is 57.9 Å². The lowest BCUT2D eigenvalue weighted by Gasteiger charge is -2.14. The van der Waals surface area contributed by atoms with Gasteiger partial charge in [-0.2, -0.15) is 0 Å². The SMILES string of the molecule is COC(c1cccs1)c1c(C)[nH]c2ccccc12. The summed E-state index contributed by atoms with van der Waals surface area (Å²) in [7, 11) is 1.77. The maximum absolute atomic E-state index is 5.72. The molecule has 0 aliphatic carbocycles. The molecular weight excluding hydrogens is 242 g/mol. The van der Waals surface area contributed by atoms with E-state index < -0.39 is 0 Å². The Hall–Kier alpha value is -1.58. The van der Waals surface area contributed by atoms with E-state index in [0.717, 1.165) is 0 Å². The van der Waals surface area contributed by atoms with Gasteiger partial charge in [-0.3, -0.25) is 0 Å². The predicted molar refractivity (Wildman–Crippen MR) is 76.2 cm³/mol. The largest absolute Gasteiger partial charge is 0.371 e. The smallest absolute Gasteiger partial charge is 0.119 e. The summed E-state index contributed by atoms with van der Waals surface area (Å²) in [6.07, 6.45) is 0.0150. The van der Waals surface area contributed by atoms with E-state index in [-0.39, 0.29) is 6.10 Å². The molecule has 3 rings (SSSR count). The minimum Gasteiger partial charge on any atom is -0.371 e. The minimum absolute atomic E-state index is 0.0150. The van der Waals surface area contributed by atoms with Crippen molar-refractivity contribution in [2.24, 2.45) is 0 Å². The van der Waals surface area contributed by atoms with Crippen LogP contribution in [0, 0.1) is 6.92 Å². The van der Waals surface area contributed by atoms with E-state index in [1.165, 1.54) is 27.0 Å². The third-order valence-electron chi connectivity index (χ3n) is 3.24. The molecule has 3 heteroatoms. The van der Waals surface area contributed by atoms with E-state index in [1.807, 2.05) is 0 Å². The van der Waals surface area contributed by atoms with Crippen LogP contribution in [0.3, 0.4) is 0 Å². The van der Waals surface area contributed by atoms with Crippen molar-refractivity contribution >= 4 is 22.2 Å². The Morgan fingerprint density at radius 2 is 2.00 bits per heavy atom. The van der Waals surface area contributed by atoms with Gasteiger partial charge in [-0.15, -0.1) is 11.3 Å². The minimum atomic E-state index is 0.0150. The lowest BCUT2D eigenvalue weighted by atomic mass is 10.0. The van der Waals surface area contributed by atoms with Gasteiger partial charge in [-0.05, 0) is 24.4 Å². The van der Waals surface area contributed by atoms with Crippen molar-refractivity contribution in [2.75, 3.05) is 7.11 Å². The summed E-state index contributed by atoms with van der Waals surface area (Å²) >= 11 is 1.73. The highest BCUT2D eigenvalue weighted by Gasteiger charge is 2.20. The fourth-order valence-corrected chi connectivity index (χ4v) is 3.26. The van der Waals surface area contributed by atoms with Crippen molar-refractivity contribution in [3.63, 3.8) is 0 Å². The molecule has 0 saturated heterocycles. The Labute approximate surface area is 110 Å². The van der Waals surface area contributed by atoms with Gasteiger partial charge in [-0.1, -0.05) is 24.3 Å². The lowest BCUT2D eigenvalue weighted by molar-refractivity contribution is 0.140. The maximum Gasteiger partial charge on any atom is 0.119 e. The summed E-state index contributed by atoms with van der Waals surface area (Å²) in [5, 5.41) is 3.33. The summed E-state index contributed by atoms with van der Waals surface area (Å²) in [6.45, 7) is 2.11. The van der Waals surface area contributed by atoms with Gasteiger partial charge in [0.25, 0.3) is 0 Å². The fourth-order valence-electron chi connectivity index (χ4n) is 2.45. The van der Waals surface area contributed by atoms with Crippen LogP contribution in [-0.4, -0.2) is 12.1 Å². The number of rotatable bonds is 3. The first-order chi connectivity index (χ1) is 8.81. The highest BCUT2D eigenvalue weighted by molar-refractivity contribution is 7.10. The van der Waals surface area contributed by atoms with E-state index in [1.54, 1.807) is 18.4 Å². The molecule has 0 bridgehead atoms. The molecule has 1 atom stereocenters. The number of methoxy groups -OCH3 is 1. The van der Waals surface area contributed by atoms with E-state index in [0.29, 0.717) is 0 Å². The van der Waals surface area contributed by atoms with Gasteiger partial charge in [0.15, 0.2) is 0 Å². The van der Waals surface area contributed by atoms with E-state index in [9.17, 15) is 0 Å². The molecule has 1 unspecified atom stereocenters. The second-order valence-corrected chi connectivity index (χ2v) is 5.32. The second kappa shape index (κ2) is 4.59. The first kappa shape index (κ1) is 11.5. The van der Waals surface area contributed by atoms with Gasteiger partial charge >= 0.3 is 0 Å². The average molecular weight is 257 g/mol. The van der Waals surface area contributed by atoms with Gasteiger partial charge in [0.1, 0.15) is 6.10 Å². The summed E-state index contributed by atoms with van der Waals surface area (Å²) in [5.41, 5.74) is 3.59. The number of para-hydroxylation sites is 1. The number of fused-ring (bicyclic) bond motifs is 1. The number of thiophene rings is 1. The molecular formula is C15H15NOS. The lowest BCUT2D eigenvalue weighted by Crippen LogP contribution is -2.02. The molecule has 0 fully saturated rings. The molecule has 0 aliphatic heterocycles. The Kier molecular flexibility index (Phi) is 2.94. The zero-order valence-electron chi connectivity index (χ0n) is 10.4. The molecule has 1 N–H and O–H groups in total. The molecule has 0 spiro atoms. The van der Waals surface area contributed by atoms with Crippen molar-refractivity contribution in [1.82, 2.24) is 4.98 Å². The fraction of sp³-hybridized carbons (Fsp3) is 0.200. The zero-order valence-corrected chi connectivity index (χ0v) is 11.3. The van der Waals surface area contributed by atoms with Crippen LogP contribution in [0.2, 0.25) is 0 Å². The molecule has 18 heavy (non-hydrogen) atoms. The Morgan fingerprint density at radius 1 is 1.17 bits per heavy atom. The number of hydrogen-bond donors (Lipinski definition) is 1. The highest BCUT2D eigenvalue weighted by atomic mass is 32.1. The van der Waals surface area contributed by atoms with Crippen molar-refractivity contribution < 1.29 is 4.74 Å². The number of aromatic nitrogens is 1. The highest BCUT2D eigenvalue weighted by Crippen LogP contribution is 2.35. The van der Waals surface area contributed by atoms with Crippen LogP contribution in [0.5, 0.6) is 0 Å². The van der Waals surface area contributed by atoms with Crippen LogP contribution in [0.25, 0.3) is 10.9 Å². The summed E-state index contributed by atoms with van der Waals surface area (Å²) in [4.78, 5) is 4.67. The number of benzene rings is 1. The molecule has 1 aromatic carbocycles. The summed E-state index contributed by atoms with van der Waals surface area (Å²) in [5.74, 6) is 0. The van der Waals surface area contributed by atoms with Crippen LogP contribution >= 0.6 is 11.3 Å². The monoisotopic (exact) mass is 257 g/mol. The molecule has 0 saturated carbocycles. The quantitative estimate of drug-likeness (QED) is 0.744. The Bertz CT molecular complexity index is 654. The van der Waals surface area contributed by atoms with Crippen LogP contribution in [-0.2, 0) is 4.74 Å². The molecule has 3 aromatic rings. The van der Waals surface area contributed by atoms with E-state index in [2.05, 4.69) is 53.7 Å². The summed E-state index contributed by atoms with van der Waals surface area (Å²) < 4.78 is 5.72. The normalized spacial score (nSPS) is 13.0. The van der Waals surface area contributed by atoms with Gasteiger partial charge in [0.2, 0.25) is 0 Å². The zero-order chi connectivity index (χ0) is 12.5. The van der Waals surface area contributed by atoms with Crippen LogP contribution in [0.4, 0.5) is 0 Å². The number of hydrogen-bond acceptors (Lipinski definition) is 2. The van der Waals surface area contributed by atoms with Gasteiger partial charge in [-0.25, -0.2) is 0 Å². The number of aryl methyl sites for hydroxylation is 1. The standard InChI is InChI=1S/C15H15NOS/c1-10-14(11-6-3-4-7-12(11)16-10)15(17-2)13-8-5-9-18-13/h3-9,15-16H,1-2H3. The molecule has 0 radical (unpaired) electrons. The molecule has 2 nitrogen and oxygen atoms in total. The van der Waals surface area contributed by atoms with Crippen LogP contribution in [0.15, 0.2) is 41.8 Å².